The number of halogens is 1. The third-order valence-electron chi connectivity index (χ3n) is 5.07. The van der Waals surface area contributed by atoms with Crippen molar-refractivity contribution >= 4 is 35.0 Å². The Morgan fingerprint density at radius 2 is 1.50 bits per heavy atom. The minimum Gasteiger partial charge on any atom is -0.327 e. The molecule has 0 saturated carbocycles. The van der Waals surface area contributed by atoms with E-state index in [-0.39, 0.29) is 11.7 Å². The lowest BCUT2D eigenvalue weighted by Crippen LogP contribution is -2.30. The third-order valence-corrected chi connectivity index (χ3v) is 5.36. The van der Waals surface area contributed by atoms with Gasteiger partial charge in [0.2, 0.25) is 0 Å². The van der Waals surface area contributed by atoms with Gasteiger partial charge in [0.05, 0.1) is 11.4 Å². The molecule has 4 aromatic rings. The van der Waals surface area contributed by atoms with Gasteiger partial charge in [-0.05, 0) is 66.8 Å². The van der Waals surface area contributed by atoms with Crippen LogP contribution in [0.25, 0.3) is 23.0 Å². The van der Waals surface area contributed by atoms with Crippen LogP contribution in [0.2, 0.25) is 0 Å². The van der Waals surface area contributed by atoms with E-state index in [0.29, 0.717) is 27.8 Å². The monoisotopic (exact) mass is 440 g/mol. The second-order valence-electron chi connectivity index (χ2n) is 7.18. The smallest absolute Gasteiger partial charge is 0.281 e. The van der Waals surface area contributed by atoms with Crippen LogP contribution in [0.1, 0.15) is 5.56 Å². The van der Waals surface area contributed by atoms with E-state index < -0.39 is 0 Å². The Bertz CT molecular complexity index is 1330. The highest BCUT2D eigenvalue weighted by atomic mass is 32.1. The quantitative estimate of drug-likeness (QED) is 0.361. The standard InChI is InChI=1S/C25H17FN4OS/c26-19-13-11-17(12-14-19)23-18(16-29(28-23)20-7-3-1-4-8-20)15-22-24(31)30(25(32)27-22)21-9-5-2-6-10-21/h1-16H,(H,27,32)/b22-15+. The molecule has 1 saturated heterocycles. The number of para-hydroxylation sites is 2. The van der Waals surface area contributed by atoms with Gasteiger partial charge in [-0.2, -0.15) is 5.10 Å². The number of aromatic nitrogens is 2. The van der Waals surface area contributed by atoms with Crippen LogP contribution >= 0.6 is 12.2 Å². The van der Waals surface area contributed by atoms with E-state index in [0.717, 1.165) is 11.3 Å². The van der Waals surface area contributed by atoms with Crippen molar-refractivity contribution in [3.8, 4) is 16.9 Å². The van der Waals surface area contributed by atoms with Gasteiger partial charge < -0.3 is 5.32 Å². The van der Waals surface area contributed by atoms with Crippen LogP contribution in [0.3, 0.4) is 0 Å². The Kier molecular flexibility index (Phi) is 5.09. The highest BCUT2D eigenvalue weighted by molar-refractivity contribution is 7.80. The first-order valence-electron chi connectivity index (χ1n) is 9.93. The Hall–Kier alpha value is -4.10. The summed E-state index contributed by atoms with van der Waals surface area (Å²) in [6.45, 7) is 0. The molecule has 5 nitrogen and oxygen atoms in total. The molecule has 1 aromatic heterocycles. The van der Waals surface area contributed by atoms with Gasteiger partial charge in [0.1, 0.15) is 17.2 Å². The van der Waals surface area contributed by atoms with Gasteiger partial charge in [-0.15, -0.1) is 0 Å². The summed E-state index contributed by atoms with van der Waals surface area (Å²) >= 11 is 5.41. The minimum absolute atomic E-state index is 0.251. The molecule has 0 spiro atoms. The molecule has 5 rings (SSSR count). The summed E-state index contributed by atoms with van der Waals surface area (Å²) in [7, 11) is 0. The fraction of sp³-hybridized carbons (Fsp3) is 0. The highest BCUT2D eigenvalue weighted by Crippen LogP contribution is 2.28. The Labute approximate surface area is 189 Å². The second-order valence-corrected chi connectivity index (χ2v) is 7.57. The summed E-state index contributed by atoms with van der Waals surface area (Å²) in [6.07, 6.45) is 3.56. The predicted molar refractivity (Wildman–Crippen MR) is 127 cm³/mol. The molecule has 3 aromatic carbocycles. The molecule has 0 atom stereocenters. The first-order chi connectivity index (χ1) is 15.6. The zero-order chi connectivity index (χ0) is 22.1. The van der Waals surface area contributed by atoms with Crippen molar-refractivity contribution in [2.24, 2.45) is 0 Å². The van der Waals surface area contributed by atoms with Crippen molar-refractivity contribution in [1.29, 1.82) is 0 Å². The minimum atomic E-state index is -0.326. The number of hydrogen-bond acceptors (Lipinski definition) is 3. The third kappa shape index (κ3) is 3.70. The van der Waals surface area contributed by atoms with Crippen LogP contribution in [-0.2, 0) is 4.79 Å². The largest absolute Gasteiger partial charge is 0.327 e. The van der Waals surface area contributed by atoms with Gasteiger partial charge in [0.15, 0.2) is 5.11 Å². The maximum atomic E-state index is 13.5. The number of thiocarbonyl (C=S) groups is 1. The number of nitrogens with one attached hydrogen (secondary N) is 1. The molecule has 1 fully saturated rings. The fourth-order valence-corrected chi connectivity index (χ4v) is 3.84. The summed E-state index contributed by atoms with van der Waals surface area (Å²) in [5.41, 5.74) is 3.97. The molecule has 1 amide bonds. The van der Waals surface area contributed by atoms with Crippen molar-refractivity contribution in [1.82, 2.24) is 15.1 Å². The predicted octanol–water partition coefficient (Wildman–Crippen LogP) is 4.94. The van der Waals surface area contributed by atoms with E-state index >= 15 is 0 Å². The van der Waals surface area contributed by atoms with E-state index in [2.05, 4.69) is 5.32 Å². The van der Waals surface area contributed by atoms with Crippen molar-refractivity contribution < 1.29 is 9.18 Å². The molecule has 1 aliphatic rings. The van der Waals surface area contributed by atoms with Crippen LogP contribution in [0, 0.1) is 5.82 Å². The molecular formula is C25H17FN4OS. The number of nitrogens with zero attached hydrogens (tertiary/aromatic N) is 3. The summed E-state index contributed by atoms with van der Waals surface area (Å²) < 4.78 is 15.2. The lowest BCUT2D eigenvalue weighted by molar-refractivity contribution is -0.113. The molecule has 0 unspecified atom stereocenters. The lowest BCUT2D eigenvalue weighted by Gasteiger charge is -2.13. The van der Waals surface area contributed by atoms with Gasteiger partial charge in [-0.3, -0.25) is 9.69 Å². The Morgan fingerprint density at radius 1 is 0.875 bits per heavy atom. The van der Waals surface area contributed by atoms with Gasteiger partial charge in [-0.25, -0.2) is 9.07 Å². The topological polar surface area (TPSA) is 50.2 Å². The Morgan fingerprint density at radius 3 is 2.16 bits per heavy atom. The first-order valence-corrected chi connectivity index (χ1v) is 10.3. The summed E-state index contributed by atoms with van der Waals surface area (Å²) in [6, 6.07) is 25.0. The van der Waals surface area contributed by atoms with Crippen LogP contribution in [0.15, 0.2) is 96.8 Å². The number of carbonyl (C=O) groups is 1. The van der Waals surface area contributed by atoms with Crippen LogP contribution in [0.5, 0.6) is 0 Å². The maximum Gasteiger partial charge on any atom is 0.281 e. The normalized spacial score (nSPS) is 14.8. The molecule has 1 N–H and O–H groups in total. The number of hydrogen-bond donors (Lipinski definition) is 1. The molecule has 0 radical (unpaired) electrons. The zero-order valence-corrected chi connectivity index (χ0v) is 17.6. The second kappa shape index (κ2) is 8.20. The van der Waals surface area contributed by atoms with E-state index in [9.17, 15) is 9.18 Å². The molecule has 32 heavy (non-hydrogen) atoms. The van der Waals surface area contributed by atoms with Crippen LogP contribution < -0.4 is 10.2 Å². The molecule has 1 aliphatic heterocycles. The fourth-order valence-electron chi connectivity index (χ4n) is 3.54. The van der Waals surface area contributed by atoms with E-state index in [1.54, 1.807) is 22.9 Å². The van der Waals surface area contributed by atoms with Crippen molar-refractivity contribution in [2.75, 3.05) is 4.90 Å². The summed E-state index contributed by atoms with van der Waals surface area (Å²) in [5.74, 6) is -0.577. The number of benzene rings is 3. The maximum absolute atomic E-state index is 13.5. The molecule has 2 heterocycles. The number of anilines is 1. The number of amides is 1. The summed E-state index contributed by atoms with van der Waals surface area (Å²) in [4.78, 5) is 14.6. The van der Waals surface area contributed by atoms with Gasteiger partial charge >= 0.3 is 0 Å². The van der Waals surface area contributed by atoms with Gasteiger partial charge in [-0.1, -0.05) is 36.4 Å². The molecule has 156 valence electrons. The average molecular weight is 441 g/mol. The average Bonchev–Trinajstić information content (AvgIpc) is 3.36. The van der Waals surface area contributed by atoms with E-state index in [1.165, 1.54) is 17.0 Å². The lowest BCUT2D eigenvalue weighted by atomic mass is 10.1. The first kappa shape index (κ1) is 19.8. The van der Waals surface area contributed by atoms with Crippen LogP contribution in [-0.4, -0.2) is 20.8 Å². The molecule has 0 bridgehead atoms. The van der Waals surface area contributed by atoms with E-state index in [1.807, 2.05) is 66.9 Å². The number of carbonyl (C=O) groups excluding carboxylic acids is 1. The molecular weight excluding hydrogens is 423 g/mol. The zero-order valence-electron chi connectivity index (χ0n) is 16.8. The van der Waals surface area contributed by atoms with E-state index in [4.69, 9.17) is 17.3 Å². The van der Waals surface area contributed by atoms with Crippen molar-refractivity contribution in [2.45, 2.75) is 0 Å². The van der Waals surface area contributed by atoms with Crippen molar-refractivity contribution in [3.63, 3.8) is 0 Å². The SMILES string of the molecule is O=C1/C(=C\c2cn(-c3ccccc3)nc2-c2ccc(F)cc2)NC(=S)N1c1ccccc1. The van der Waals surface area contributed by atoms with Crippen LogP contribution in [0.4, 0.5) is 10.1 Å². The van der Waals surface area contributed by atoms with Gasteiger partial charge in [0, 0.05) is 17.3 Å². The Balaban J connectivity index is 1.59. The van der Waals surface area contributed by atoms with Gasteiger partial charge in [0.25, 0.3) is 5.91 Å². The summed E-state index contributed by atoms with van der Waals surface area (Å²) in [5, 5.41) is 8.03. The molecule has 7 heteroatoms. The molecule has 0 aliphatic carbocycles. The number of rotatable bonds is 4. The van der Waals surface area contributed by atoms with Crippen molar-refractivity contribution in [3.05, 3.63) is 108 Å². The highest BCUT2D eigenvalue weighted by Gasteiger charge is 2.32.